The van der Waals surface area contributed by atoms with Gasteiger partial charge in [0.1, 0.15) is 5.82 Å². The minimum Gasteiger partial charge on any atom is -0.338 e. The zero-order valence-corrected chi connectivity index (χ0v) is 10.5. The van der Waals surface area contributed by atoms with Crippen LogP contribution in [0.5, 0.6) is 0 Å². The first-order valence-corrected chi connectivity index (χ1v) is 6.29. The van der Waals surface area contributed by atoms with Crippen LogP contribution in [-0.2, 0) is 19.9 Å². The summed E-state index contributed by atoms with van der Waals surface area (Å²) in [7, 11) is 2.02. The summed E-state index contributed by atoms with van der Waals surface area (Å²) in [5.74, 6) is 7.29. The molecule has 0 fully saturated rings. The summed E-state index contributed by atoms with van der Waals surface area (Å²) in [5.41, 5.74) is 5.83. The van der Waals surface area contributed by atoms with Gasteiger partial charge in [0.2, 0.25) is 0 Å². The van der Waals surface area contributed by atoms with Gasteiger partial charge >= 0.3 is 0 Å². The molecule has 1 aliphatic rings. The summed E-state index contributed by atoms with van der Waals surface area (Å²) in [6.07, 6.45) is 5.77. The van der Waals surface area contributed by atoms with Crippen molar-refractivity contribution in [2.24, 2.45) is 12.9 Å². The molecule has 94 valence electrons. The number of imidazole rings is 1. The normalized spacial score (nSPS) is 19.1. The molecule has 0 radical (unpaired) electrons. The van der Waals surface area contributed by atoms with Gasteiger partial charge < -0.3 is 4.57 Å². The highest BCUT2D eigenvalue weighted by Crippen LogP contribution is 2.37. The van der Waals surface area contributed by atoms with E-state index < -0.39 is 0 Å². The lowest BCUT2D eigenvalue weighted by Crippen LogP contribution is -2.45. The number of fused-ring (bicyclic) bond motifs is 1. The van der Waals surface area contributed by atoms with Gasteiger partial charge in [-0.2, -0.15) is 0 Å². The lowest BCUT2D eigenvalue weighted by atomic mass is 9.73. The summed E-state index contributed by atoms with van der Waals surface area (Å²) in [6, 6.07) is 8.84. The fourth-order valence-electron chi connectivity index (χ4n) is 2.76. The molecule has 18 heavy (non-hydrogen) atoms. The zero-order valence-electron chi connectivity index (χ0n) is 10.5. The Morgan fingerprint density at radius 3 is 3.00 bits per heavy atom. The van der Waals surface area contributed by atoms with E-state index in [2.05, 4.69) is 39.2 Å². The largest absolute Gasteiger partial charge is 0.338 e. The summed E-state index contributed by atoms with van der Waals surface area (Å²) in [4.78, 5) is 4.37. The number of hydrogen-bond donors (Lipinski definition) is 2. The highest BCUT2D eigenvalue weighted by Gasteiger charge is 2.32. The van der Waals surface area contributed by atoms with E-state index in [0.29, 0.717) is 5.92 Å². The zero-order chi connectivity index (χ0) is 12.5. The van der Waals surface area contributed by atoms with Gasteiger partial charge in [-0.05, 0) is 17.5 Å². The number of rotatable bonds is 4. The third kappa shape index (κ3) is 1.83. The van der Waals surface area contributed by atoms with Gasteiger partial charge in [-0.3, -0.25) is 11.3 Å². The Morgan fingerprint density at radius 2 is 2.33 bits per heavy atom. The Labute approximate surface area is 107 Å². The molecule has 0 saturated carbocycles. The maximum absolute atomic E-state index is 5.72. The molecule has 0 aliphatic heterocycles. The first kappa shape index (κ1) is 11.4. The Balaban J connectivity index is 1.77. The van der Waals surface area contributed by atoms with Crippen molar-refractivity contribution >= 4 is 0 Å². The number of benzene rings is 1. The van der Waals surface area contributed by atoms with Crippen LogP contribution in [0.4, 0.5) is 0 Å². The van der Waals surface area contributed by atoms with Crippen molar-refractivity contribution < 1.29 is 0 Å². The molecule has 4 heteroatoms. The predicted octanol–water partition coefficient (Wildman–Crippen LogP) is 1.13. The van der Waals surface area contributed by atoms with Gasteiger partial charge in [0.05, 0.1) is 0 Å². The average Bonchev–Trinajstić information content (AvgIpc) is 2.75. The van der Waals surface area contributed by atoms with Gasteiger partial charge in [0, 0.05) is 37.8 Å². The molecule has 1 aromatic heterocycles. The van der Waals surface area contributed by atoms with Crippen molar-refractivity contribution in [3.05, 3.63) is 53.6 Å². The standard InChI is InChI=1S/C14H18N4/c1-18-7-6-16-14(18)9-13(17-15)12-8-10-4-2-3-5-11(10)12/h2-7,12-13,17H,8-9,15H2,1H3. The van der Waals surface area contributed by atoms with Crippen molar-refractivity contribution in [1.29, 1.82) is 0 Å². The molecule has 1 heterocycles. The van der Waals surface area contributed by atoms with Crippen LogP contribution in [-0.4, -0.2) is 15.6 Å². The smallest absolute Gasteiger partial charge is 0.109 e. The molecule has 2 unspecified atom stereocenters. The van der Waals surface area contributed by atoms with E-state index in [1.165, 1.54) is 11.1 Å². The van der Waals surface area contributed by atoms with E-state index >= 15 is 0 Å². The minimum atomic E-state index is 0.251. The molecule has 0 saturated heterocycles. The lowest BCUT2D eigenvalue weighted by Gasteiger charge is -2.36. The van der Waals surface area contributed by atoms with Gasteiger partial charge in [0.25, 0.3) is 0 Å². The maximum Gasteiger partial charge on any atom is 0.109 e. The molecule has 0 bridgehead atoms. The van der Waals surface area contributed by atoms with Gasteiger partial charge in [-0.15, -0.1) is 0 Å². The van der Waals surface area contributed by atoms with E-state index in [9.17, 15) is 0 Å². The maximum atomic E-state index is 5.72. The molecular weight excluding hydrogens is 224 g/mol. The second kappa shape index (κ2) is 4.55. The molecule has 1 aliphatic carbocycles. The van der Waals surface area contributed by atoms with Gasteiger partial charge in [0.15, 0.2) is 0 Å². The average molecular weight is 242 g/mol. The number of nitrogens with zero attached hydrogens (tertiary/aromatic N) is 2. The molecule has 3 N–H and O–H groups in total. The number of nitrogens with one attached hydrogen (secondary N) is 1. The number of aryl methyl sites for hydroxylation is 1. The second-order valence-corrected chi connectivity index (χ2v) is 4.94. The van der Waals surface area contributed by atoms with E-state index in [-0.39, 0.29) is 6.04 Å². The van der Waals surface area contributed by atoms with Crippen LogP contribution in [0, 0.1) is 0 Å². The lowest BCUT2D eigenvalue weighted by molar-refractivity contribution is 0.395. The number of hydrazine groups is 1. The number of hydrogen-bond acceptors (Lipinski definition) is 3. The number of aromatic nitrogens is 2. The van der Waals surface area contributed by atoms with Crippen LogP contribution < -0.4 is 11.3 Å². The fraction of sp³-hybridized carbons (Fsp3) is 0.357. The summed E-state index contributed by atoms with van der Waals surface area (Å²) in [6.45, 7) is 0. The van der Waals surface area contributed by atoms with Crippen LogP contribution >= 0.6 is 0 Å². The molecule has 3 rings (SSSR count). The molecule has 1 aromatic carbocycles. The second-order valence-electron chi connectivity index (χ2n) is 4.94. The molecule has 0 amide bonds. The monoisotopic (exact) mass is 242 g/mol. The molecule has 2 atom stereocenters. The molecular formula is C14H18N4. The Morgan fingerprint density at radius 1 is 1.50 bits per heavy atom. The van der Waals surface area contributed by atoms with Crippen LogP contribution in [0.15, 0.2) is 36.7 Å². The quantitative estimate of drug-likeness (QED) is 0.624. The first-order chi connectivity index (χ1) is 8.79. The van der Waals surface area contributed by atoms with E-state index in [1.807, 2.05) is 19.4 Å². The van der Waals surface area contributed by atoms with Crippen molar-refractivity contribution in [3.63, 3.8) is 0 Å². The third-order valence-electron chi connectivity index (χ3n) is 3.92. The van der Waals surface area contributed by atoms with Crippen LogP contribution in [0.2, 0.25) is 0 Å². The van der Waals surface area contributed by atoms with E-state index in [0.717, 1.165) is 18.7 Å². The molecule has 2 aromatic rings. The summed E-state index contributed by atoms with van der Waals surface area (Å²) >= 11 is 0. The van der Waals surface area contributed by atoms with Crippen molar-refractivity contribution in [2.75, 3.05) is 0 Å². The van der Waals surface area contributed by atoms with Gasteiger partial charge in [-0.25, -0.2) is 4.98 Å². The summed E-state index contributed by atoms with van der Waals surface area (Å²) < 4.78 is 2.05. The minimum absolute atomic E-state index is 0.251. The fourth-order valence-corrected chi connectivity index (χ4v) is 2.76. The first-order valence-electron chi connectivity index (χ1n) is 6.29. The van der Waals surface area contributed by atoms with Crippen molar-refractivity contribution in [3.8, 4) is 0 Å². The summed E-state index contributed by atoms with van der Waals surface area (Å²) in [5, 5.41) is 0. The number of nitrogens with two attached hydrogens (primary N) is 1. The van der Waals surface area contributed by atoms with Crippen LogP contribution in [0.25, 0.3) is 0 Å². The van der Waals surface area contributed by atoms with Crippen molar-refractivity contribution in [1.82, 2.24) is 15.0 Å². The SMILES string of the molecule is Cn1ccnc1CC(NN)C1Cc2ccccc21. The molecule has 0 spiro atoms. The topological polar surface area (TPSA) is 55.9 Å². The third-order valence-corrected chi connectivity index (χ3v) is 3.92. The predicted molar refractivity (Wildman–Crippen MR) is 70.9 cm³/mol. The van der Waals surface area contributed by atoms with Crippen LogP contribution in [0.3, 0.4) is 0 Å². The molecule has 4 nitrogen and oxygen atoms in total. The van der Waals surface area contributed by atoms with Crippen molar-refractivity contribution in [2.45, 2.75) is 24.8 Å². The van der Waals surface area contributed by atoms with Crippen LogP contribution in [0.1, 0.15) is 22.9 Å². The Hall–Kier alpha value is -1.65. The Bertz CT molecular complexity index is 546. The van der Waals surface area contributed by atoms with E-state index in [1.54, 1.807) is 0 Å². The van der Waals surface area contributed by atoms with Gasteiger partial charge in [-0.1, -0.05) is 24.3 Å². The Kier molecular flexibility index (Phi) is 2.89. The highest BCUT2D eigenvalue weighted by molar-refractivity contribution is 5.41. The van der Waals surface area contributed by atoms with E-state index in [4.69, 9.17) is 5.84 Å². The highest BCUT2D eigenvalue weighted by atomic mass is 15.2.